The first-order chi connectivity index (χ1) is 9.83. The molecule has 1 N–H and O–H groups in total. The lowest BCUT2D eigenvalue weighted by molar-refractivity contribution is 0.253. The summed E-state index contributed by atoms with van der Waals surface area (Å²) in [6.45, 7) is 1.63. The minimum Gasteiger partial charge on any atom is -0.493 e. The van der Waals surface area contributed by atoms with Crippen molar-refractivity contribution in [1.82, 2.24) is 5.32 Å². The van der Waals surface area contributed by atoms with Gasteiger partial charge in [-0.25, -0.2) is 4.39 Å². The Morgan fingerprint density at radius 1 is 1.10 bits per heavy atom. The first-order valence-electron chi connectivity index (χ1n) is 7.02. The molecule has 0 saturated carbocycles. The van der Waals surface area contributed by atoms with Crippen LogP contribution in [0.3, 0.4) is 0 Å². The largest absolute Gasteiger partial charge is 0.493 e. The summed E-state index contributed by atoms with van der Waals surface area (Å²) in [6.07, 6.45) is 1.89. The molecule has 1 unspecified atom stereocenters. The van der Waals surface area contributed by atoms with E-state index < -0.39 is 0 Å². The lowest BCUT2D eigenvalue weighted by atomic mass is 10.0. The molecule has 2 nitrogen and oxygen atoms in total. The Bertz CT molecular complexity index is 567. The second-order valence-electron chi connectivity index (χ2n) is 5.06. The summed E-state index contributed by atoms with van der Waals surface area (Å²) in [5.41, 5.74) is 2.39. The minimum absolute atomic E-state index is 0.180. The molecule has 1 aliphatic heterocycles. The van der Waals surface area contributed by atoms with Crippen molar-refractivity contribution in [3.05, 3.63) is 65.5 Å². The number of ether oxygens (including phenoxy) is 1. The van der Waals surface area contributed by atoms with Gasteiger partial charge in [-0.2, -0.15) is 0 Å². The number of hydrogen-bond acceptors (Lipinski definition) is 2. The first-order valence-corrected chi connectivity index (χ1v) is 7.02. The summed E-state index contributed by atoms with van der Waals surface area (Å²) in [5, 5.41) is 3.57. The van der Waals surface area contributed by atoms with Crippen LogP contribution in [0.25, 0.3) is 0 Å². The SMILES string of the molecule is Fc1ccc(CCNC2CCOc3ccccc32)cc1. The lowest BCUT2D eigenvalue weighted by Gasteiger charge is -2.26. The fraction of sp³-hybridized carbons (Fsp3) is 0.294. The monoisotopic (exact) mass is 271 g/mol. The maximum atomic E-state index is 12.8. The third kappa shape index (κ3) is 2.99. The predicted molar refractivity (Wildman–Crippen MR) is 77.4 cm³/mol. The average Bonchev–Trinajstić information content (AvgIpc) is 2.49. The molecule has 0 radical (unpaired) electrons. The normalized spacial score (nSPS) is 17.4. The van der Waals surface area contributed by atoms with E-state index in [9.17, 15) is 4.39 Å². The zero-order valence-corrected chi connectivity index (χ0v) is 11.3. The Labute approximate surface area is 118 Å². The molecule has 3 heteroatoms. The fourth-order valence-electron chi connectivity index (χ4n) is 2.60. The maximum Gasteiger partial charge on any atom is 0.124 e. The van der Waals surface area contributed by atoms with Crippen LogP contribution in [0.5, 0.6) is 5.75 Å². The van der Waals surface area contributed by atoms with Crippen LogP contribution in [0.1, 0.15) is 23.6 Å². The molecule has 2 aromatic rings. The molecular weight excluding hydrogens is 253 g/mol. The van der Waals surface area contributed by atoms with Gasteiger partial charge in [0.25, 0.3) is 0 Å². The van der Waals surface area contributed by atoms with Gasteiger partial charge in [0.15, 0.2) is 0 Å². The van der Waals surface area contributed by atoms with Crippen LogP contribution in [0.2, 0.25) is 0 Å². The van der Waals surface area contributed by atoms with Gasteiger partial charge in [0, 0.05) is 18.0 Å². The zero-order chi connectivity index (χ0) is 13.8. The summed E-state index contributed by atoms with van der Waals surface area (Å²) in [5.74, 6) is 0.804. The predicted octanol–water partition coefficient (Wildman–Crippen LogP) is 3.48. The standard InChI is InChI=1S/C17H18FNO/c18-14-7-5-13(6-8-14)9-11-19-16-10-12-20-17-4-2-1-3-15(16)17/h1-8,16,19H,9-12H2. The van der Waals surface area contributed by atoms with E-state index in [1.165, 1.54) is 17.7 Å². The Hall–Kier alpha value is -1.87. The molecule has 0 fully saturated rings. The molecule has 104 valence electrons. The van der Waals surface area contributed by atoms with E-state index in [1.807, 2.05) is 30.3 Å². The number of nitrogens with one attached hydrogen (secondary N) is 1. The summed E-state index contributed by atoms with van der Waals surface area (Å²) in [6, 6.07) is 15.2. The molecule has 0 bridgehead atoms. The number of benzene rings is 2. The number of rotatable bonds is 4. The molecule has 0 spiro atoms. The molecule has 2 aromatic carbocycles. The highest BCUT2D eigenvalue weighted by Gasteiger charge is 2.19. The fourth-order valence-corrected chi connectivity index (χ4v) is 2.60. The van der Waals surface area contributed by atoms with E-state index in [0.717, 1.165) is 37.3 Å². The molecule has 0 amide bonds. The van der Waals surface area contributed by atoms with Crippen molar-refractivity contribution in [2.75, 3.05) is 13.2 Å². The first kappa shape index (κ1) is 13.1. The van der Waals surface area contributed by atoms with Crippen LogP contribution in [0.15, 0.2) is 48.5 Å². The molecular formula is C17H18FNO. The van der Waals surface area contributed by atoms with E-state index in [2.05, 4.69) is 11.4 Å². The number of para-hydroxylation sites is 1. The van der Waals surface area contributed by atoms with Crippen molar-refractivity contribution in [3.8, 4) is 5.75 Å². The molecule has 20 heavy (non-hydrogen) atoms. The van der Waals surface area contributed by atoms with Crippen molar-refractivity contribution < 1.29 is 9.13 Å². The third-order valence-corrected chi connectivity index (χ3v) is 3.68. The Morgan fingerprint density at radius 2 is 1.90 bits per heavy atom. The van der Waals surface area contributed by atoms with Crippen LogP contribution in [0.4, 0.5) is 4.39 Å². The molecule has 1 heterocycles. The summed E-state index contributed by atoms with van der Waals surface area (Å²) in [4.78, 5) is 0. The van der Waals surface area contributed by atoms with E-state index in [4.69, 9.17) is 4.74 Å². The van der Waals surface area contributed by atoms with Crippen molar-refractivity contribution in [3.63, 3.8) is 0 Å². The van der Waals surface area contributed by atoms with Gasteiger partial charge in [-0.3, -0.25) is 0 Å². The van der Waals surface area contributed by atoms with Gasteiger partial charge in [0.05, 0.1) is 6.61 Å². The quantitative estimate of drug-likeness (QED) is 0.919. The summed E-state index contributed by atoms with van der Waals surface area (Å²) < 4.78 is 18.5. The molecule has 0 aliphatic carbocycles. The van der Waals surface area contributed by atoms with Gasteiger partial charge in [-0.05, 0) is 36.7 Å². The number of fused-ring (bicyclic) bond motifs is 1. The van der Waals surface area contributed by atoms with Crippen LogP contribution in [0, 0.1) is 5.82 Å². The minimum atomic E-state index is -0.180. The highest BCUT2D eigenvalue weighted by Crippen LogP contribution is 2.31. The second-order valence-corrected chi connectivity index (χ2v) is 5.06. The molecule has 1 aliphatic rings. The van der Waals surface area contributed by atoms with Crippen LogP contribution >= 0.6 is 0 Å². The molecule has 3 rings (SSSR count). The van der Waals surface area contributed by atoms with E-state index >= 15 is 0 Å². The van der Waals surface area contributed by atoms with Crippen LogP contribution in [-0.4, -0.2) is 13.2 Å². The van der Waals surface area contributed by atoms with Gasteiger partial charge in [-0.1, -0.05) is 30.3 Å². The van der Waals surface area contributed by atoms with E-state index in [-0.39, 0.29) is 5.82 Å². The molecule has 0 aromatic heterocycles. The van der Waals surface area contributed by atoms with Crippen LogP contribution < -0.4 is 10.1 Å². The summed E-state index contributed by atoms with van der Waals surface area (Å²) in [7, 11) is 0. The second kappa shape index (κ2) is 6.06. The number of halogens is 1. The Kier molecular flexibility index (Phi) is 3.97. The van der Waals surface area contributed by atoms with Gasteiger partial charge in [-0.15, -0.1) is 0 Å². The lowest BCUT2D eigenvalue weighted by Crippen LogP contribution is -2.28. The summed E-state index contributed by atoms with van der Waals surface area (Å²) >= 11 is 0. The number of hydrogen-bond donors (Lipinski definition) is 1. The van der Waals surface area contributed by atoms with Gasteiger partial charge >= 0.3 is 0 Å². The van der Waals surface area contributed by atoms with E-state index in [1.54, 1.807) is 0 Å². The highest BCUT2D eigenvalue weighted by molar-refractivity contribution is 5.37. The van der Waals surface area contributed by atoms with Crippen molar-refractivity contribution >= 4 is 0 Å². The Morgan fingerprint density at radius 3 is 2.75 bits per heavy atom. The van der Waals surface area contributed by atoms with Gasteiger partial charge in [0.2, 0.25) is 0 Å². The van der Waals surface area contributed by atoms with Crippen molar-refractivity contribution in [2.24, 2.45) is 0 Å². The van der Waals surface area contributed by atoms with Crippen LogP contribution in [-0.2, 0) is 6.42 Å². The zero-order valence-electron chi connectivity index (χ0n) is 11.3. The van der Waals surface area contributed by atoms with Crippen molar-refractivity contribution in [2.45, 2.75) is 18.9 Å². The molecule has 1 atom stereocenters. The van der Waals surface area contributed by atoms with Crippen molar-refractivity contribution in [1.29, 1.82) is 0 Å². The topological polar surface area (TPSA) is 21.3 Å². The highest BCUT2D eigenvalue weighted by atomic mass is 19.1. The third-order valence-electron chi connectivity index (χ3n) is 3.68. The van der Waals surface area contributed by atoms with E-state index in [0.29, 0.717) is 6.04 Å². The van der Waals surface area contributed by atoms with Gasteiger partial charge in [0.1, 0.15) is 11.6 Å². The smallest absolute Gasteiger partial charge is 0.124 e. The maximum absolute atomic E-state index is 12.8. The molecule has 0 saturated heterocycles. The Balaban J connectivity index is 1.58. The average molecular weight is 271 g/mol. The van der Waals surface area contributed by atoms with Gasteiger partial charge < -0.3 is 10.1 Å².